The van der Waals surface area contributed by atoms with Crippen LogP contribution < -0.4 is 5.32 Å². The molecule has 0 fully saturated rings. The van der Waals surface area contributed by atoms with Crippen molar-refractivity contribution in [1.82, 2.24) is 10.3 Å². The van der Waals surface area contributed by atoms with Crippen LogP contribution in [0.1, 0.15) is 29.5 Å². The number of H-pyrrole nitrogens is 1. The minimum atomic E-state index is -5.07. The first-order chi connectivity index (χ1) is 19.4. The van der Waals surface area contributed by atoms with Crippen LogP contribution in [0.25, 0.3) is 16.5 Å². The van der Waals surface area contributed by atoms with Gasteiger partial charge < -0.3 is 10.3 Å². The zero-order chi connectivity index (χ0) is 29.9. The van der Waals surface area contributed by atoms with Gasteiger partial charge in [-0.3, -0.25) is 9.79 Å². The van der Waals surface area contributed by atoms with E-state index in [1.54, 1.807) is 37.3 Å². The number of aromatic amines is 1. The standard InChI is InChI=1S/C30H24ClF6N3O/c1-3-22(17-4-6-18(31)7-5-17)28(38-2)26(12-16-10-20(33)13-21(34)11-16)40-29(41)27(30(35,36)37)24-15-39-25-9-8-19(32)14-23(24)25/h3-11,13-15,26-27,39H,12H2,1-2H3,(H,40,41)/b22-3-,38-28?/t26-,27?/m0/s1. The van der Waals surface area contributed by atoms with Gasteiger partial charge in [0, 0.05) is 40.8 Å². The number of nitrogens with zero attached hydrogens (tertiary/aromatic N) is 1. The molecule has 0 radical (unpaired) electrons. The predicted molar refractivity (Wildman–Crippen MR) is 148 cm³/mol. The van der Waals surface area contributed by atoms with E-state index < -0.39 is 47.1 Å². The van der Waals surface area contributed by atoms with Crippen LogP contribution in [0.15, 0.2) is 77.9 Å². The zero-order valence-corrected chi connectivity index (χ0v) is 22.5. The molecule has 4 nitrogen and oxygen atoms in total. The first-order valence-corrected chi connectivity index (χ1v) is 12.8. The molecule has 11 heteroatoms. The molecular weight excluding hydrogens is 568 g/mol. The molecule has 2 N–H and O–H groups in total. The Hall–Kier alpha value is -4.05. The molecule has 0 saturated carbocycles. The van der Waals surface area contributed by atoms with Crippen molar-refractivity contribution in [3.8, 4) is 0 Å². The van der Waals surface area contributed by atoms with Gasteiger partial charge in [-0.15, -0.1) is 0 Å². The molecule has 0 bridgehead atoms. The highest BCUT2D eigenvalue weighted by Gasteiger charge is 2.48. The maximum atomic E-state index is 14.4. The number of halogens is 7. The van der Waals surface area contributed by atoms with Crippen LogP contribution in [0.2, 0.25) is 5.02 Å². The average Bonchev–Trinajstić information content (AvgIpc) is 3.28. The first-order valence-electron chi connectivity index (χ1n) is 12.4. The van der Waals surface area contributed by atoms with Crippen molar-refractivity contribution in [3.05, 3.63) is 112 Å². The fourth-order valence-electron chi connectivity index (χ4n) is 4.81. The Morgan fingerprint density at radius 3 is 2.24 bits per heavy atom. The van der Waals surface area contributed by atoms with E-state index in [-0.39, 0.29) is 28.6 Å². The number of allylic oxidation sites excluding steroid dienone is 1. The Morgan fingerprint density at radius 2 is 1.66 bits per heavy atom. The van der Waals surface area contributed by atoms with Gasteiger partial charge in [-0.1, -0.05) is 29.8 Å². The van der Waals surface area contributed by atoms with Crippen molar-refractivity contribution in [3.63, 3.8) is 0 Å². The van der Waals surface area contributed by atoms with Crippen molar-refractivity contribution in [2.24, 2.45) is 4.99 Å². The molecule has 3 aromatic carbocycles. The van der Waals surface area contributed by atoms with E-state index in [1.165, 1.54) is 13.1 Å². The normalized spacial score (nSPS) is 14.3. The van der Waals surface area contributed by atoms with Crippen LogP contribution in [-0.2, 0) is 11.2 Å². The summed E-state index contributed by atoms with van der Waals surface area (Å²) >= 11 is 6.01. The maximum Gasteiger partial charge on any atom is 0.404 e. The Balaban J connectivity index is 1.79. The molecule has 1 amide bonds. The monoisotopic (exact) mass is 591 g/mol. The van der Waals surface area contributed by atoms with Gasteiger partial charge in [0.1, 0.15) is 17.5 Å². The average molecular weight is 592 g/mol. The molecule has 4 aromatic rings. The largest absolute Gasteiger partial charge is 0.404 e. The minimum absolute atomic E-state index is 0.0817. The van der Waals surface area contributed by atoms with Crippen LogP contribution in [0, 0.1) is 17.5 Å². The SMILES string of the molecule is C/C=C(\C(=NC)[C@H](Cc1cc(F)cc(F)c1)NC(=O)C(c1c[nH]c2ccc(F)cc12)C(F)(F)F)c1ccc(Cl)cc1. The number of fused-ring (bicyclic) bond motifs is 1. The van der Waals surface area contributed by atoms with Crippen LogP contribution >= 0.6 is 11.6 Å². The van der Waals surface area contributed by atoms with Crippen molar-refractivity contribution >= 4 is 39.7 Å². The molecule has 0 spiro atoms. The summed E-state index contributed by atoms with van der Waals surface area (Å²) in [6, 6.07) is 11.3. The fourth-order valence-corrected chi connectivity index (χ4v) is 4.94. The molecule has 2 atom stereocenters. The second kappa shape index (κ2) is 12.2. The van der Waals surface area contributed by atoms with Gasteiger partial charge in [0.05, 0.1) is 11.8 Å². The number of aliphatic imine (C=N–C) groups is 1. The van der Waals surface area contributed by atoms with Crippen molar-refractivity contribution in [2.45, 2.75) is 31.5 Å². The summed E-state index contributed by atoms with van der Waals surface area (Å²) in [6.45, 7) is 1.68. The highest BCUT2D eigenvalue weighted by molar-refractivity contribution is 6.31. The first kappa shape index (κ1) is 29.9. The van der Waals surface area contributed by atoms with Gasteiger partial charge in [0.15, 0.2) is 5.92 Å². The van der Waals surface area contributed by atoms with Crippen molar-refractivity contribution < 1.29 is 31.1 Å². The lowest BCUT2D eigenvalue weighted by Gasteiger charge is -2.27. The third-order valence-corrected chi connectivity index (χ3v) is 6.80. The number of nitrogens with one attached hydrogen (secondary N) is 2. The number of hydrogen-bond donors (Lipinski definition) is 2. The van der Waals surface area contributed by atoms with E-state index >= 15 is 0 Å². The lowest BCUT2D eigenvalue weighted by Crippen LogP contribution is -2.47. The van der Waals surface area contributed by atoms with Gasteiger partial charge >= 0.3 is 6.18 Å². The number of amides is 1. The lowest BCUT2D eigenvalue weighted by atomic mass is 9.90. The molecule has 0 aliphatic rings. The molecule has 214 valence electrons. The quantitative estimate of drug-likeness (QED) is 0.159. The molecule has 1 unspecified atom stereocenters. The lowest BCUT2D eigenvalue weighted by molar-refractivity contribution is -0.164. The Bertz CT molecular complexity index is 1610. The molecule has 1 aromatic heterocycles. The minimum Gasteiger partial charge on any atom is -0.361 e. The molecule has 4 rings (SSSR count). The highest BCUT2D eigenvalue weighted by Crippen LogP contribution is 2.39. The topological polar surface area (TPSA) is 57.2 Å². The van der Waals surface area contributed by atoms with Crippen LogP contribution in [-0.4, -0.2) is 35.9 Å². The second-order valence-electron chi connectivity index (χ2n) is 9.27. The van der Waals surface area contributed by atoms with Crippen LogP contribution in [0.4, 0.5) is 26.3 Å². The Labute approximate surface area is 236 Å². The van der Waals surface area contributed by atoms with Crippen molar-refractivity contribution in [2.75, 3.05) is 7.05 Å². The molecule has 1 heterocycles. The van der Waals surface area contributed by atoms with Gasteiger partial charge in [-0.05, 0) is 72.5 Å². The van der Waals surface area contributed by atoms with Gasteiger partial charge in [-0.25, -0.2) is 13.2 Å². The number of carbonyl (C=O) groups excluding carboxylic acids is 1. The summed E-state index contributed by atoms with van der Waals surface area (Å²) < 4.78 is 85.3. The molecule has 0 aliphatic heterocycles. The number of aromatic nitrogens is 1. The summed E-state index contributed by atoms with van der Waals surface area (Å²) in [5, 5.41) is 2.76. The Morgan fingerprint density at radius 1 is 1.00 bits per heavy atom. The highest BCUT2D eigenvalue weighted by atomic mass is 35.5. The maximum absolute atomic E-state index is 14.4. The zero-order valence-electron chi connectivity index (χ0n) is 21.8. The van der Waals surface area contributed by atoms with E-state index in [4.69, 9.17) is 11.6 Å². The molecule has 0 aliphatic carbocycles. The van der Waals surface area contributed by atoms with Gasteiger partial charge in [-0.2, -0.15) is 13.2 Å². The number of alkyl halides is 3. The number of carbonyl (C=O) groups is 1. The summed E-state index contributed by atoms with van der Waals surface area (Å²) in [5.74, 6) is -6.69. The second-order valence-corrected chi connectivity index (χ2v) is 9.71. The third kappa shape index (κ3) is 6.82. The fraction of sp³-hybridized carbons (Fsp3) is 0.200. The number of benzene rings is 3. The van der Waals surface area contributed by atoms with Crippen molar-refractivity contribution in [1.29, 1.82) is 0 Å². The van der Waals surface area contributed by atoms with E-state index in [0.717, 1.165) is 30.5 Å². The van der Waals surface area contributed by atoms with E-state index in [0.29, 0.717) is 22.2 Å². The number of rotatable bonds is 8. The van der Waals surface area contributed by atoms with Gasteiger partial charge in [0.25, 0.3) is 0 Å². The van der Waals surface area contributed by atoms with Crippen LogP contribution in [0.3, 0.4) is 0 Å². The summed E-state index contributed by atoms with van der Waals surface area (Å²) in [7, 11) is 1.39. The van der Waals surface area contributed by atoms with E-state index in [9.17, 15) is 31.1 Å². The molecule has 0 saturated heterocycles. The van der Waals surface area contributed by atoms with E-state index in [2.05, 4.69) is 15.3 Å². The summed E-state index contributed by atoms with van der Waals surface area (Å²) in [5.41, 5.74) is 1.05. The predicted octanol–water partition coefficient (Wildman–Crippen LogP) is 7.79. The third-order valence-electron chi connectivity index (χ3n) is 6.55. The molecular formula is C30H24ClF6N3O. The molecule has 41 heavy (non-hydrogen) atoms. The van der Waals surface area contributed by atoms with Crippen LogP contribution in [0.5, 0.6) is 0 Å². The van der Waals surface area contributed by atoms with E-state index in [1.807, 2.05) is 0 Å². The smallest absolute Gasteiger partial charge is 0.361 e. The Kier molecular flexibility index (Phi) is 8.92. The van der Waals surface area contributed by atoms with Gasteiger partial charge in [0.2, 0.25) is 5.91 Å². The summed E-state index contributed by atoms with van der Waals surface area (Å²) in [4.78, 5) is 20.4. The summed E-state index contributed by atoms with van der Waals surface area (Å²) in [6.07, 6.45) is -2.69. The number of hydrogen-bond acceptors (Lipinski definition) is 2.